The standard InChI is InChI=1S/C31H24BrN3O7S2/c1-2-41-30(39)16-8-11-18(12-9-16)33-22(36)15-42-21-13-10-17(32)14-20(21)23-24-26(43-27-25(23)44-31(40)34-27)29(38)35(28(24)37)19-6-4-3-5-7-19/h3-14,23-24,26H,2,15H2,1H3,(H,33,36)(H,34,40). The fraction of sp³-hybridized carbons (Fsp3) is 0.194. The van der Waals surface area contributed by atoms with Crippen LogP contribution in [0.25, 0.3) is 0 Å². The van der Waals surface area contributed by atoms with Gasteiger partial charge in [0.05, 0.1) is 28.8 Å². The lowest BCUT2D eigenvalue weighted by Gasteiger charge is -2.31. The summed E-state index contributed by atoms with van der Waals surface area (Å²) in [4.78, 5) is 69.2. The van der Waals surface area contributed by atoms with Gasteiger partial charge in [0.1, 0.15) is 11.0 Å². The van der Waals surface area contributed by atoms with E-state index in [1.165, 1.54) is 16.7 Å². The van der Waals surface area contributed by atoms with Gasteiger partial charge in [-0.3, -0.25) is 19.2 Å². The van der Waals surface area contributed by atoms with Gasteiger partial charge in [-0.1, -0.05) is 57.2 Å². The zero-order valence-corrected chi connectivity index (χ0v) is 26.3. The van der Waals surface area contributed by atoms with Crippen LogP contribution in [0.3, 0.4) is 0 Å². The number of nitrogens with zero attached hydrogens (tertiary/aromatic N) is 1. The summed E-state index contributed by atoms with van der Waals surface area (Å²) in [7, 11) is 0. The number of halogens is 1. The van der Waals surface area contributed by atoms with Crippen LogP contribution < -0.4 is 19.8 Å². The van der Waals surface area contributed by atoms with E-state index in [1.54, 1.807) is 79.7 Å². The summed E-state index contributed by atoms with van der Waals surface area (Å²) in [6.45, 7) is 1.62. The van der Waals surface area contributed by atoms with Crippen LogP contribution in [0.2, 0.25) is 0 Å². The third-order valence-corrected chi connectivity index (χ3v) is 10.1. The number of rotatable bonds is 8. The minimum atomic E-state index is -0.810. The number of esters is 1. The van der Waals surface area contributed by atoms with Crippen LogP contribution in [-0.4, -0.2) is 47.1 Å². The van der Waals surface area contributed by atoms with E-state index in [1.807, 2.05) is 0 Å². The fourth-order valence-corrected chi connectivity index (χ4v) is 8.21. The molecule has 0 aliphatic carbocycles. The van der Waals surface area contributed by atoms with Crippen molar-refractivity contribution in [1.29, 1.82) is 0 Å². The van der Waals surface area contributed by atoms with Crippen LogP contribution in [0.1, 0.15) is 33.6 Å². The molecule has 1 saturated heterocycles. The van der Waals surface area contributed by atoms with E-state index in [2.05, 4.69) is 26.2 Å². The average Bonchev–Trinajstić information content (AvgIpc) is 3.51. The van der Waals surface area contributed by atoms with E-state index in [0.29, 0.717) is 42.6 Å². The van der Waals surface area contributed by atoms with Gasteiger partial charge in [-0.15, -0.1) is 0 Å². The number of para-hydroxylation sites is 1. The molecule has 4 aromatic rings. The highest BCUT2D eigenvalue weighted by atomic mass is 79.9. The van der Waals surface area contributed by atoms with Gasteiger partial charge in [0, 0.05) is 26.5 Å². The van der Waals surface area contributed by atoms with Gasteiger partial charge < -0.3 is 19.8 Å². The molecule has 1 aromatic heterocycles. The van der Waals surface area contributed by atoms with Crippen molar-refractivity contribution in [2.75, 3.05) is 23.4 Å². The number of anilines is 2. The summed E-state index contributed by atoms with van der Waals surface area (Å²) in [5.74, 6) is -2.79. The van der Waals surface area contributed by atoms with Gasteiger partial charge in [0.15, 0.2) is 6.61 Å². The molecule has 224 valence electrons. The molecule has 0 spiro atoms. The molecule has 3 heterocycles. The molecule has 6 rings (SSSR count). The number of H-pyrrole nitrogens is 1. The smallest absolute Gasteiger partial charge is 0.338 e. The number of aromatic nitrogens is 1. The number of amides is 3. The minimum Gasteiger partial charge on any atom is -0.483 e. The van der Waals surface area contributed by atoms with Crippen LogP contribution in [-0.2, 0) is 19.1 Å². The Bertz CT molecular complexity index is 1820. The summed E-state index contributed by atoms with van der Waals surface area (Å²) in [5.41, 5.74) is 1.87. The number of carbonyl (C=O) groups is 4. The van der Waals surface area contributed by atoms with E-state index in [9.17, 15) is 24.0 Å². The molecule has 1 fully saturated rings. The first kappa shape index (κ1) is 29.9. The maximum absolute atomic E-state index is 14.0. The molecule has 2 aliphatic heterocycles. The normalized spacial score (nSPS) is 18.9. The third-order valence-electron chi connectivity index (χ3n) is 7.18. The number of fused-ring (bicyclic) bond motifs is 2. The van der Waals surface area contributed by atoms with Crippen molar-refractivity contribution < 1.29 is 28.7 Å². The molecule has 0 radical (unpaired) electrons. The van der Waals surface area contributed by atoms with E-state index in [0.717, 1.165) is 11.3 Å². The summed E-state index contributed by atoms with van der Waals surface area (Å²) in [5, 5.41) is 2.51. The number of ether oxygens (including phenoxy) is 2. The molecule has 3 amide bonds. The lowest BCUT2D eigenvalue weighted by Crippen LogP contribution is -2.32. The second-order valence-electron chi connectivity index (χ2n) is 9.91. The summed E-state index contributed by atoms with van der Waals surface area (Å²) in [6.07, 6.45) is 0. The predicted molar refractivity (Wildman–Crippen MR) is 170 cm³/mol. The predicted octanol–water partition coefficient (Wildman–Crippen LogP) is 5.19. The van der Waals surface area contributed by atoms with Crippen molar-refractivity contribution in [3.05, 3.63) is 103 Å². The Morgan fingerprint density at radius 1 is 1.00 bits per heavy atom. The number of imide groups is 1. The summed E-state index contributed by atoms with van der Waals surface area (Å²) in [6, 6.07) is 20.3. The van der Waals surface area contributed by atoms with Gasteiger partial charge in [-0.25, -0.2) is 9.69 Å². The van der Waals surface area contributed by atoms with E-state index < -0.39 is 29.0 Å². The quantitative estimate of drug-likeness (QED) is 0.190. The zero-order chi connectivity index (χ0) is 31.0. The number of aromatic amines is 1. The minimum absolute atomic E-state index is 0.258. The maximum Gasteiger partial charge on any atom is 0.338 e. The second kappa shape index (κ2) is 12.4. The van der Waals surface area contributed by atoms with Gasteiger partial charge in [-0.05, 0) is 61.5 Å². The Morgan fingerprint density at radius 3 is 2.48 bits per heavy atom. The number of thiazole rings is 1. The lowest BCUT2D eigenvalue weighted by atomic mass is 9.82. The van der Waals surface area contributed by atoms with Crippen molar-refractivity contribution in [1.82, 2.24) is 4.98 Å². The largest absolute Gasteiger partial charge is 0.483 e. The van der Waals surface area contributed by atoms with Crippen molar-refractivity contribution in [2.45, 2.75) is 23.1 Å². The van der Waals surface area contributed by atoms with Crippen LogP contribution >= 0.6 is 39.0 Å². The number of thioether (sulfide) groups is 1. The fourth-order valence-electron chi connectivity index (χ4n) is 5.32. The molecule has 2 aliphatic rings. The molecule has 0 bridgehead atoms. The van der Waals surface area contributed by atoms with Gasteiger partial charge >= 0.3 is 10.8 Å². The maximum atomic E-state index is 14.0. The molecule has 3 aromatic carbocycles. The third kappa shape index (κ3) is 5.70. The van der Waals surface area contributed by atoms with Crippen LogP contribution in [0.15, 0.2) is 87.1 Å². The molecule has 2 N–H and O–H groups in total. The van der Waals surface area contributed by atoms with Crippen molar-refractivity contribution >= 4 is 74.1 Å². The van der Waals surface area contributed by atoms with Crippen LogP contribution in [0.5, 0.6) is 5.75 Å². The second-order valence-corrected chi connectivity index (χ2v) is 13.0. The molecule has 44 heavy (non-hydrogen) atoms. The number of hydrogen-bond donors (Lipinski definition) is 2. The lowest BCUT2D eigenvalue weighted by molar-refractivity contribution is -0.122. The van der Waals surface area contributed by atoms with Gasteiger partial charge in [-0.2, -0.15) is 0 Å². The van der Waals surface area contributed by atoms with Crippen molar-refractivity contribution in [3.63, 3.8) is 0 Å². The highest BCUT2D eigenvalue weighted by Crippen LogP contribution is 2.54. The average molecular weight is 695 g/mol. The molecule has 3 unspecified atom stereocenters. The number of hydrogen-bond acceptors (Lipinski definition) is 9. The monoisotopic (exact) mass is 693 g/mol. The van der Waals surface area contributed by atoms with Crippen molar-refractivity contribution in [3.8, 4) is 5.75 Å². The van der Waals surface area contributed by atoms with Gasteiger partial charge in [0.25, 0.3) is 5.91 Å². The van der Waals surface area contributed by atoms with Gasteiger partial charge in [0.2, 0.25) is 11.8 Å². The molecular weight excluding hydrogens is 670 g/mol. The molecule has 0 saturated carbocycles. The Labute approximate surface area is 267 Å². The Balaban J connectivity index is 1.28. The SMILES string of the molecule is CCOC(=O)c1ccc(NC(=O)COc2ccc(Br)cc2C2c3sc(=O)[nH]c3SC3C(=O)N(c4ccccc4)C(=O)C32)cc1. The Morgan fingerprint density at radius 2 is 1.75 bits per heavy atom. The Hall–Kier alpha value is -4.20. The van der Waals surface area contributed by atoms with E-state index >= 15 is 0 Å². The summed E-state index contributed by atoms with van der Waals surface area (Å²) < 4.78 is 11.7. The van der Waals surface area contributed by atoms with E-state index in [-0.39, 0.29) is 29.9 Å². The highest BCUT2D eigenvalue weighted by Gasteiger charge is 2.56. The van der Waals surface area contributed by atoms with Crippen LogP contribution in [0, 0.1) is 5.92 Å². The molecular formula is C31H24BrN3O7S2. The Kier molecular flexibility index (Phi) is 8.43. The number of nitrogens with one attached hydrogen (secondary N) is 2. The van der Waals surface area contributed by atoms with Crippen LogP contribution in [0.4, 0.5) is 11.4 Å². The first-order chi connectivity index (χ1) is 21.2. The molecule has 10 nitrogen and oxygen atoms in total. The topological polar surface area (TPSA) is 135 Å². The zero-order valence-electron chi connectivity index (χ0n) is 23.1. The first-order valence-electron chi connectivity index (χ1n) is 13.6. The highest BCUT2D eigenvalue weighted by molar-refractivity contribution is 9.10. The number of benzene rings is 3. The number of carbonyl (C=O) groups excluding carboxylic acids is 4. The first-order valence-corrected chi connectivity index (χ1v) is 16.1. The van der Waals surface area contributed by atoms with Crippen molar-refractivity contribution in [2.24, 2.45) is 5.92 Å². The molecule has 13 heteroatoms. The molecule has 3 atom stereocenters. The summed E-state index contributed by atoms with van der Waals surface area (Å²) >= 11 is 5.69. The van der Waals surface area contributed by atoms with E-state index in [4.69, 9.17) is 9.47 Å².